The lowest BCUT2D eigenvalue weighted by Crippen LogP contribution is -2.40. The van der Waals surface area contributed by atoms with E-state index in [2.05, 4.69) is 51.9 Å². The number of carbonyl (C=O) groups excluding carboxylic acids is 1. The minimum Gasteiger partial charge on any atom is -0.406 e. The third kappa shape index (κ3) is 6.53. The molecule has 0 fully saturated rings. The third-order valence-corrected chi connectivity index (χ3v) is 8.85. The zero-order valence-corrected chi connectivity index (χ0v) is 14.8. The Morgan fingerprint density at radius 1 is 1.11 bits per heavy atom. The molecule has 0 N–H and O–H groups in total. The molecule has 0 aromatic carbocycles. The van der Waals surface area contributed by atoms with Gasteiger partial charge in [-0.3, -0.25) is 0 Å². The predicted octanol–water partition coefficient (Wildman–Crippen LogP) is 3.85. The Morgan fingerprint density at radius 2 is 1.61 bits per heavy atom. The van der Waals surface area contributed by atoms with Gasteiger partial charge >= 0.3 is 0 Å². The minimum absolute atomic E-state index is 0.319. The van der Waals surface area contributed by atoms with E-state index in [0.29, 0.717) is 6.42 Å². The molecule has 0 rings (SSSR count). The van der Waals surface area contributed by atoms with Crippen molar-refractivity contribution >= 4 is 22.7 Å². The fraction of sp³-hybridized carbons (Fsp3) is 0.786. The Hall–Kier alpha value is -0.376. The summed E-state index contributed by atoms with van der Waals surface area (Å²) >= 11 is 0. The molecule has 0 saturated heterocycles. The van der Waals surface area contributed by atoms with Crippen molar-refractivity contribution in [3.63, 3.8) is 0 Å². The molecule has 0 aliphatic heterocycles. The maximum atomic E-state index is 11.1. The topological polar surface area (TPSA) is 26.3 Å². The van der Waals surface area contributed by atoms with Crippen molar-refractivity contribution in [2.24, 2.45) is 0 Å². The molecule has 4 heteroatoms. The van der Waals surface area contributed by atoms with Crippen LogP contribution in [0.1, 0.15) is 27.2 Å². The standard InChI is InChI=1S/C14H28O2Si2/c1-7-18(8-2,9-3)16-14(13-15)11-10-12-17(4,5)6/h13-14H,7-9,11H2,1-6H3/t14-/m1/s1. The smallest absolute Gasteiger partial charge is 0.193 e. The first kappa shape index (κ1) is 17.6. The molecule has 0 radical (unpaired) electrons. The molecule has 0 heterocycles. The van der Waals surface area contributed by atoms with Gasteiger partial charge in [-0.25, -0.2) is 0 Å². The van der Waals surface area contributed by atoms with Crippen molar-refractivity contribution < 1.29 is 9.22 Å². The number of hydrogen-bond acceptors (Lipinski definition) is 2. The van der Waals surface area contributed by atoms with E-state index in [1.807, 2.05) is 0 Å². The maximum Gasteiger partial charge on any atom is 0.193 e. The van der Waals surface area contributed by atoms with Crippen LogP contribution in [0.25, 0.3) is 0 Å². The van der Waals surface area contributed by atoms with Crippen LogP contribution in [0.2, 0.25) is 37.8 Å². The maximum absolute atomic E-state index is 11.1. The molecule has 1 atom stereocenters. The van der Waals surface area contributed by atoms with Crippen LogP contribution in [0.5, 0.6) is 0 Å². The van der Waals surface area contributed by atoms with Crippen molar-refractivity contribution in [3.05, 3.63) is 0 Å². The summed E-state index contributed by atoms with van der Waals surface area (Å²) in [6.07, 6.45) is 1.17. The van der Waals surface area contributed by atoms with Crippen molar-refractivity contribution in [1.29, 1.82) is 0 Å². The van der Waals surface area contributed by atoms with Gasteiger partial charge in [-0.1, -0.05) is 40.4 Å². The first-order valence-corrected chi connectivity index (χ1v) is 13.0. The lowest BCUT2D eigenvalue weighted by Gasteiger charge is -2.30. The van der Waals surface area contributed by atoms with Gasteiger partial charge in [0.25, 0.3) is 0 Å². The second kappa shape index (κ2) is 7.93. The minimum atomic E-state index is -1.69. The summed E-state index contributed by atoms with van der Waals surface area (Å²) in [4.78, 5) is 11.1. The average Bonchev–Trinajstić information content (AvgIpc) is 2.33. The lowest BCUT2D eigenvalue weighted by atomic mass is 10.3. The molecule has 0 unspecified atom stereocenters. The van der Waals surface area contributed by atoms with E-state index in [1.54, 1.807) is 0 Å². The summed E-state index contributed by atoms with van der Waals surface area (Å²) in [7, 11) is -3.03. The highest BCUT2D eigenvalue weighted by atomic mass is 28.4. The zero-order valence-electron chi connectivity index (χ0n) is 12.8. The largest absolute Gasteiger partial charge is 0.406 e. The van der Waals surface area contributed by atoms with E-state index < -0.39 is 16.4 Å². The van der Waals surface area contributed by atoms with E-state index >= 15 is 0 Å². The van der Waals surface area contributed by atoms with Gasteiger partial charge in [-0.2, -0.15) is 0 Å². The predicted molar refractivity (Wildman–Crippen MR) is 83.9 cm³/mol. The van der Waals surface area contributed by atoms with Crippen LogP contribution in [0.3, 0.4) is 0 Å². The van der Waals surface area contributed by atoms with E-state index in [0.717, 1.165) is 24.4 Å². The van der Waals surface area contributed by atoms with E-state index in [-0.39, 0.29) is 6.10 Å². The monoisotopic (exact) mass is 284 g/mol. The summed E-state index contributed by atoms with van der Waals surface area (Å²) in [6, 6.07) is 3.23. The van der Waals surface area contributed by atoms with Crippen molar-refractivity contribution in [2.45, 2.75) is 71.1 Å². The molecule has 104 valence electrons. The van der Waals surface area contributed by atoms with Crippen LogP contribution in [0.4, 0.5) is 0 Å². The van der Waals surface area contributed by atoms with Gasteiger partial charge in [0.15, 0.2) is 8.32 Å². The van der Waals surface area contributed by atoms with Gasteiger partial charge in [0, 0.05) is 6.42 Å². The average molecular weight is 285 g/mol. The molecule has 0 aromatic heterocycles. The SMILES string of the molecule is CC[Si](CC)(CC)O[C@@H](C=O)CC#C[Si](C)(C)C. The lowest BCUT2D eigenvalue weighted by molar-refractivity contribution is -0.113. The number of rotatable bonds is 7. The van der Waals surface area contributed by atoms with Crippen LogP contribution in [-0.4, -0.2) is 28.8 Å². The molecular formula is C14H28O2Si2. The van der Waals surface area contributed by atoms with E-state index in [4.69, 9.17) is 4.43 Å². The van der Waals surface area contributed by atoms with Gasteiger partial charge in [0.05, 0.1) is 0 Å². The van der Waals surface area contributed by atoms with Gasteiger partial charge < -0.3 is 9.22 Å². The molecule has 0 aliphatic carbocycles. The van der Waals surface area contributed by atoms with E-state index in [1.165, 1.54) is 0 Å². The molecule has 0 amide bonds. The Balaban J connectivity index is 4.60. The number of carbonyl (C=O) groups is 1. The Labute approximate surface area is 115 Å². The highest BCUT2D eigenvalue weighted by molar-refractivity contribution is 6.83. The van der Waals surface area contributed by atoms with Crippen molar-refractivity contribution in [3.8, 4) is 11.5 Å². The van der Waals surface area contributed by atoms with Crippen LogP contribution in [0, 0.1) is 11.5 Å². The Kier molecular flexibility index (Phi) is 7.76. The first-order chi connectivity index (χ1) is 8.32. The molecule has 2 nitrogen and oxygen atoms in total. The highest BCUT2D eigenvalue weighted by Crippen LogP contribution is 2.23. The molecular weight excluding hydrogens is 256 g/mol. The molecule has 0 aliphatic rings. The van der Waals surface area contributed by atoms with Gasteiger partial charge in [0.1, 0.15) is 20.5 Å². The van der Waals surface area contributed by atoms with Gasteiger partial charge in [-0.15, -0.1) is 11.5 Å². The van der Waals surface area contributed by atoms with Gasteiger partial charge in [0.2, 0.25) is 0 Å². The highest BCUT2D eigenvalue weighted by Gasteiger charge is 2.31. The van der Waals surface area contributed by atoms with Crippen LogP contribution < -0.4 is 0 Å². The molecule has 0 aromatic rings. The summed E-state index contributed by atoms with van der Waals surface area (Å²) < 4.78 is 6.13. The van der Waals surface area contributed by atoms with Crippen LogP contribution >= 0.6 is 0 Å². The van der Waals surface area contributed by atoms with Crippen LogP contribution in [-0.2, 0) is 9.22 Å². The molecule has 18 heavy (non-hydrogen) atoms. The Morgan fingerprint density at radius 3 is 1.94 bits per heavy atom. The first-order valence-electron chi connectivity index (χ1n) is 6.95. The number of aldehydes is 1. The summed E-state index contributed by atoms with van der Waals surface area (Å²) in [5.74, 6) is 3.15. The molecule has 0 bridgehead atoms. The molecule has 0 saturated carbocycles. The third-order valence-electron chi connectivity index (χ3n) is 3.25. The Bertz CT molecular complexity index is 298. The van der Waals surface area contributed by atoms with E-state index in [9.17, 15) is 4.79 Å². The fourth-order valence-corrected chi connectivity index (χ4v) is 5.27. The number of hydrogen-bond donors (Lipinski definition) is 0. The quantitative estimate of drug-likeness (QED) is 0.403. The zero-order chi connectivity index (χ0) is 14.2. The second-order valence-corrected chi connectivity index (χ2v) is 15.3. The van der Waals surface area contributed by atoms with Crippen LogP contribution in [0.15, 0.2) is 0 Å². The summed E-state index contributed by atoms with van der Waals surface area (Å²) in [5.41, 5.74) is 3.29. The second-order valence-electron chi connectivity index (χ2n) is 5.79. The van der Waals surface area contributed by atoms with Crippen molar-refractivity contribution in [1.82, 2.24) is 0 Å². The van der Waals surface area contributed by atoms with Gasteiger partial charge in [-0.05, 0) is 18.1 Å². The fourth-order valence-electron chi connectivity index (χ4n) is 1.86. The summed E-state index contributed by atoms with van der Waals surface area (Å²) in [6.45, 7) is 13.2. The van der Waals surface area contributed by atoms with Crippen molar-refractivity contribution in [2.75, 3.05) is 0 Å². The normalized spacial score (nSPS) is 13.7. The summed E-state index contributed by atoms with van der Waals surface area (Å²) in [5, 5.41) is 0. The molecule has 0 spiro atoms.